The lowest BCUT2D eigenvalue weighted by Crippen LogP contribution is -2.46. The third-order valence-corrected chi connectivity index (χ3v) is 7.59. The topological polar surface area (TPSA) is 126 Å². The Morgan fingerprint density at radius 2 is 1.82 bits per heavy atom. The van der Waals surface area contributed by atoms with Crippen molar-refractivity contribution in [3.8, 4) is 0 Å². The average Bonchev–Trinajstić information content (AvgIpc) is 3.26. The summed E-state index contributed by atoms with van der Waals surface area (Å²) >= 11 is 0. The highest BCUT2D eigenvalue weighted by molar-refractivity contribution is 7.46. The van der Waals surface area contributed by atoms with Crippen LogP contribution in [0, 0.1) is 5.82 Å². The monoisotopic (exact) mass is 556 g/mol. The lowest BCUT2D eigenvalue weighted by molar-refractivity contribution is 0.0952. The number of phosphoric ester groups is 1. The fourth-order valence-electron chi connectivity index (χ4n) is 5.11. The molecule has 11 nitrogen and oxygen atoms in total. The number of aromatic nitrogens is 4. The summed E-state index contributed by atoms with van der Waals surface area (Å²) in [5, 5.41) is 0. The lowest BCUT2D eigenvalue weighted by atomic mass is 10.0. The quantitative estimate of drug-likeness (QED) is 0.314. The van der Waals surface area contributed by atoms with Crippen LogP contribution in [-0.2, 0) is 15.6 Å². The van der Waals surface area contributed by atoms with Crippen molar-refractivity contribution >= 4 is 30.8 Å². The van der Waals surface area contributed by atoms with Gasteiger partial charge in [-0.2, -0.15) is 0 Å². The number of phosphoric acid groups is 1. The molecule has 0 amide bonds. The van der Waals surface area contributed by atoms with Crippen LogP contribution in [0.3, 0.4) is 0 Å². The Morgan fingerprint density at radius 1 is 1.13 bits per heavy atom. The van der Waals surface area contributed by atoms with Crippen LogP contribution in [0.25, 0.3) is 11.0 Å². The van der Waals surface area contributed by atoms with E-state index < -0.39 is 19.6 Å². The molecule has 1 aliphatic heterocycles. The molecule has 3 heterocycles. The highest BCUT2D eigenvalue weighted by atomic mass is 31.2. The molecule has 2 aromatic heterocycles. The summed E-state index contributed by atoms with van der Waals surface area (Å²) < 4.78 is 32.9. The number of para-hydroxylation sites is 2. The molecule has 1 fully saturated rings. The van der Waals surface area contributed by atoms with Crippen LogP contribution in [0.15, 0.2) is 65.6 Å². The maximum Gasteiger partial charge on any atom is 0.471 e. The van der Waals surface area contributed by atoms with E-state index in [1.807, 2.05) is 36.2 Å². The van der Waals surface area contributed by atoms with Gasteiger partial charge in [0.15, 0.2) is 0 Å². The Bertz CT molecular complexity index is 1560. The van der Waals surface area contributed by atoms with Gasteiger partial charge in [-0.15, -0.1) is 0 Å². The highest BCUT2D eigenvalue weighted by Crippen LogP contribution is 2.41. The van der Waals surface area contributed by atoms with Gasteiger partial charge in [-0.05, 0) is 49.6 Å². The van der Waals surface area contributed by atoms with E-state index in [1.165, 1.54) is 31.3 Å². The number of hydrogen-bond donors (Lipinski definition) is 2. The number of hydrogen-bond acceptors (Lipinski definition) is 7. The first kappa shape index (κ1) is 27.0. The van der Waals surface area contributed by atoms with Gasteiger partial charge in [0, 0.05) is 38.4 Å². The van der Waals surface area contributed by atoms with Crippen molar-refractivity contribution in [1.82, 2.24) is 19.1 Å². The average molecular weight is 557 g/mol. The summed E-state index contributed by atoms with van der Waals surface area (Å²) in [6.45, 7) is 3.32. The Labute approximate surface area is 224 Å². The summed E-state index contributed by atoms with van der Waals surface area (Å²) in [5.41, 5.74) is 2.37. The Balaban J connectivity index is 1.37. The van der Waals surface area contributed by atoms with Crippen molar-refractivity contribution in [3.63, 3.8) is 0 Å². The van der Waals surface area contributed by atoms with Crippen LogP contribution in [0.2, 0.25) is 0 Å². The van der Waals surface area contributed by atoms with Gasteiger partial charge in [0.1, 0.15) is 12.0 Å². The zero-order valence-corrected chi connectivity index (χ0v) is 22.5. The molecule has 0 bridgehead atoms. The number of benzene rings is 2. The van der Waals surface area contributed by atoms with E-state index in [0.717, 1.165) is 40.0 Å². The fourth-order valence-corrected chi connectivity index (χ4v) is 5.60. The normalized spacial score (nSPS) is 15.6. The van der Waals surface area contributed by atoms with Crippen LogP contribution in [0.1, 0.15) is 31.6 Å². The van der Waals surface area contributed by atoms with E-state index in [4.69, 9.17) is 9.51 Å². The first-order valence-electron chi connectivity index (χ1n) is 12.6. The minimum absolute atomic E-state index is 0.0129. The molecule has 206 valence electrons. The number of nitrogens with zero attached hydrogens (tertiary/aromatic N) is 6. The van der Waals surface area contributed by atoms with Gasteiger partial charge in [0.2, 0.25) is 11.9 Å². The minimum Gasteiger partial charge on any atom is -0.342 e. The molecular formula is C26H30FN6O5P. The predicted octanol–water partition coefficient (Wildman–Crippen LogP) is 3.51. The van der Waals surface area contributed by atoms with Crippen molar-refractivity contribution < 1.29 is 23.3 Å². The second-order valence-electron chi connectivity index (χ2n) is 9.59. The van der Waals surface area contributed by atoms with E-state index in [9.17, 15) is 23.5 Å². The Hall–Kier alpha value is -3.57. The molecule has 1 saturated heterocycles. The first-order chi connectivity index (χ1) is 18.6. The van der Waals surface area contributed by atoms with Crippen molar-refractivity contribution in [2.24, 2.45) is 0 Å². The molecule has 2 N–H and O–H groups in total. The van der Waals surface area contributed by atoms with Crippen LogP contribution in [-0.4, -0.2) is 55.1 Å². The van der Waals surface area contributed by atoms with Gasteiger partial charge in [-0.25, -0.2) is 18.9 Å². The third-order valence-electron chi connectivity index (χ3n) is 7.01. The molecule has 0 spiro atoms. The SMILES string of the molecule is CC(OP(=O)(O)O)n1c(N(C)C2CCN(c3nc4ccccc4n3Cc3ccc(F)cc3)CC2)nccc1=O. The summed E-state index contributed by atoms with van der Waals surface area (Å²) in [6.07, 6.45) is 1.63. The number of imidazole rings is 1. The van der Waals surface area contributed by atoms with Crippen LogP contribution in [0.5, 0.6) is 0 Å². The van der Waals surface area contributed by atoms with Crippen LogP contribution < -0.4 is 15.4 Å². The maximum absolute atomic E-state index is 13.5. The molecule has 1 aliphatic rings. The molecular weight excluding hydrogens is 526 g/mol. The van der Waals surface area contributed by atoms with E-state index in [2.05, 4.69) is 14.5 Å². The number of halogens is 1. The third kappa shape index (κ3) is 5.89. The second-order valence-corrected chi connectivity index (χ2v) is 10.8. The van der Waals surface area contributed by atoms with E-state index in [0.29, 0.717) is 19.6 Å². The smallest absolute Gasteiger partial charge is 0.342 e. The molecule has 0 saturated carbocycles. The van der Waals surface area contributed by atoms with Gasteiger partial charge in [-0.1, -0.05) is 24.3 Å². The number of rotatable bonds is 8. The van der Waals surface area contributed by atoms with Gasteiger partial charge >= 0.3 is 7.82 Å². The number of anilines is 2. The summed E-state index contributed by atoms with van der Waals surface area (Å²) in [7, 11) is -3.01. The predicted molar refractivity (Wildman–Crippen MR) is 145 cm³/mol. The zero-order valence-electron chi connectivity index (χ0n) is 21.6. The van der Waals surface area contributed by atoms with Crippen LogP contribution >= 0.6 is 7.82 Å². The van der Waals surface area contributed by atoms with E-state index >= 15 is 0 Å². The van der Waals surface area contributed by atoms with Gasteiger partial charge < -0.3 is 24.2 Å². The van der Waals surface area contributed by atoms with Gasteiger partial charge in [-0.3, -0.25) is 13.9 Å². The van der Waals surface area contributed by atoms with Crippen molar-refractivity contribution in [2.45, 2.75) is 38.6 Å². The summed E-state index contributed by atoms with van der Waals surface area (Å²) in [4.78, 5) is 44.4. The molecule has 0 radical (unpaired) electrons. The molecule has 1 atom stereocenters. The summed E-state index contributed by atoms with van der Waals surface area (Å²) in [6, 6.07) is 15.6. The standard InChI is InChI=1S/C26H30FN6O5P/c1-18(38-39(35,36)37)33-24(34)11-14-28-25(33)30(2)21-12-15-31(16-13-21)26-29-22-5-3-4-6-23(22)32(26)17-19-7-9-20(27)10-8-19/h3-11,14,18,21H,12-13,15-17H2,1-2H3,(H2,35,36,37). The maximum atomic E-state index is 13.5. The molecule has 1 unspecified atom stereocenters. The number of piperidine rings is 1. The molecule has 0 aliphatic carbocycles. The first-order valence-corrected chi connectivity index (χ1v) is 14.1. The Kier molecular flexibility index (Phi) is 7.55. The van der Waals surface area contributed by atoms with Gasteiger partial charge in [0.05, 0.1) is 17.6 Å². The largest absolute Gasteiger partial charge is 0.471 e. The zero-order chi connectivity index (χ0) is 27.7. The van der Waals surface area contributed by atoms with Gasteiger partial charge in [0.25, 0.3) is 5.56 Å². The van der Waals surface area contributed by atoms with Crippen molar-refractivity contribution in [2.75, 3.05) is 29.9 Å². The molecule has 4 aromatic rings. The van der Waals surface area contributed by atoms with Crippen molar-refractivity contribution in [1.29, 1.82) is 0 Å². The van der Waals surface area contributed by atoms with Crippen LogP contribution in [0.4, 0.5) is 16.3 Å². The van der Waals surface area contributed by atoms with E-state index in [1.54, 1.807) is 12.1 Å². The molecule has 13 heteroatoms. The Morgan fingerprint density at radius 3 is 2.51 bits per heavy atom. The molecule has 39 heavy (non-hydrogen) atoms. The highest BCUT2D eigenvalue weighted by Gasteiger charge is 2.30. The van der Waals surface area contributed by atoms with E-state index in [-0.39, 0.29) is 17.8 Å². The van der Waals surface area contributed by atoms with Crippen molar-refractivity contribution in [3.05, 3.63) is 82.5 Å². The minimum atomic E-state index is -4.82. The lowest BCUT2D eigenvalue weighted by Gasteiger charge is -2.38. The second kappa shape index (κ2) is 10.9. The fraction of sp³-hybridized carbons (Fsp3) is 0.346. The molecule has 2 aromatic carbocycles. The summed E-state index contributed by atoms with van der Waals surface area (Å²) in [5.74, 6) is 0.826. The number of fused-ring (bicyclic) bond motifs is 1. The molecule has 5 rings (SSSR count).